The fourth-order valence-corrected chi connectivity index (χ4v) is 3.90. The highest BCUT2D eigenvalue weighted by atomic mass is 14.7. The zero-order valence-corrected chi connectivity index (χ0v) is 13.9. The van der Waals surface area contributed by atoms with E-state index in [0.29, 0.717) is 11.1 Å². The molecule has 0 aromatic heterocycles. The van der Waals surface area contributed by atoms with Crippen LogP contribution in [0.5, 0.6) is 0 Å². The Balaban J connectivity index is 2.53. The molecule has 26 heavy (non-hydrogen) atoms. The van der Waals surface area contributed by atoms with Gasteiger partial charge in [-0.3, -0.25) is 0 Å². The van der Waals surface area contributed by atoms with Crippen molar-refractivity contribution in [3.63, 3.8) is 0 Å². The van der Waals surface area contributed by atoms with E-state index in [1.54, 1.807) is 12.2 Å². The van der Waals surface area contributed by atoms with Crippen LogP contribution in [0, 0.1) is 56.2 Å². The first kappa shape index (κ1) is 17.0. The zero-order valence-electron chi connectivity index (χ0n) is 13.9. The first-order valence-corrected chi connectivity index (χ1v) is 8.10. The van der Waals surface area contributed by atoms with Gasteiger partial charge in [0.1, 0.15) is 0 Å². The van der Waals surface area contributed by atoms with Gasteiger partial charge in [0.05, 0.1) is 29.7 Å². The Kier molecular flexibility index (Phi) is 4.06. The van der Waals surface area contributed by atoms with Crippen LogP contribution in [-0.2, 0) is 5.41 Å². The molecule has 3 rings (SSSR count). The molecule has 1 aliphatic carbocycles. The van der Waals surface area contributed by atoms with Gasteiger partial charge >= 0.3 is 0 Å². The zero-order chi connectivity index (χ0) is 18.7. The Morgan fingerprint density at radius 3 is 1.50 bits per heavy atom. The normalized spacial score (nSPS) is 18.5. The largest absolute Gasteiger partial charge is 0.196 e. The molecule has 2 aromatic rings. The van der Waals surface area contributed by atoms with Crippen LogP contribution in [0.3, 0.4) is 0 Å². The van der Waals surface area contributed by atoms with E-state index in [1.165, 1.54) is 0 Å². The van der Waals surface area contributed by atoms with Gasteiger partial charge < -0.3 is 0 Å². The van der Waals surface area contributed by atoms with Crippen molar-refractivity contribution in [2.24, 2.45) is 10.8 Å². The van der Waals surface area contributed by atoms with E-state index in [2.05, 4.69) is 12.1 Å². The number of nitriles is 4. The molecule has 0 saturated heterocycles. The van der Waals surface area contributed by atoms with Crippen LogP contribution in [0.15, 0.2) is 72.8 Å². The minimum Gasteiger partial charge on any atom is -0.196 e. The summed E-state index contributed by atoms with van der Waals surface area (Å²) in [6.45, 7) is 0. The lowest BCUT2D eigenvalue weighted by Crippen LogP contribution is -2.55. The van der Waals surface area contributed by atoms with E-state index in [4.69, 9.17) is 0 Å². The Bertz CT molecular complexity index is 941. The highest BCUT2D eigenvalue weighted by molar-refractivity contribution is 5.58. The maximum atomic E-state index is 10.2. The summed E-state index contributed by atoms with van der Waals surface area (Å²) >= 11 is 0. The summed E-state index contributed by atoms with van der Waals surface area (Å²) < 4.78 is 0. The number of hydrogen-bond acceptors (Lipinski definition) is 4. The van der Waals surface area contributed by atoms with Crippen LogP contribution in [0.25, 0.3) is 0 Å². The minimum absolute atomic E-state index is 0.0303. The van der Waals surface area contributed by atoms with E-state index >= 15 is 0 Å². The molecular weight excluding hydrogens is 320 g/mol. The van der Waals surface area contributed by atoms with Crippen molar-refractivity contribution in [2.45, 2.75) is 11.8 Å². The van der Waals surface area contributed by atoms with Crippen molar-refractivity contribution >= 4 is 0 Å². The second-order valence-corrected chi connectivity index (χ2v) is 6.25. The maximum absolute atomic E-state index is 10.2. The number of rotatable bonds is 2. The summed E-state index contributed by atoms with van der Waals surface area (Å²) in [6.07, 6.45) is 3.57. The second kappa shape index (κ2) is 6.22. The van der Waals surface area contributed by atoms with Crippen molar-refractivity contribution < 1.29 is 0 Å². The molecule has 0 atom stereocenters. The monoisotopic (exact) mass is 334 g/mol. The molecule has 0 unspecified atom stereocenters. The molecule has 0 amide bonds. The van der Waals surface area contributed by atoms with Crippen LogP contribution in [0.2, 0.25) is 0 Å². The van der Waals surface area contributed by atoms with Gasteiger partial charge in [-0.25, -0.2) is 0 Å². The molecular formula is C22H14N4. The van der Waals surface area contributed by atoms with E-state index in [-0.39, 0.29) is 6.42 Å². The summed E-state index contributed by atoms with van der Waals surface area (Å²) in [6, 6.07) is 26.5. The first-order chi connectivity index (χ1) is 12.7. The van der Waals surface area contributed by atoms with Crippen molar-refractivity contribution in [2.75, 3.05) is 0 Å². The van der Waals surface area contributed by atoms with Crippen LogP contribution in [0.1, 0.15) is 17.5 Å². The summed E-state index contributed by atoms with van der Waals surface area (Å²) in [5, 5.41) is 40.1. The van der Waals surface area contributed by atoms with Crippen LogP contribution >= 0.6 is 0 Å². The fraction of sp³-hybridized carbons (Fsp3) is 0.182. The highest BCUT2D eigenvalue weighted by Crippen LogP contribution is 2.60. The smallest absolute Gasteiger partial charge is 0.192 e. The summed E-state index contributed by atoms with van der Waals surface area (Å²) in [4.78, 5) is 0. The van der Waals surface area contributed by atoms with Gasteiger partial charge in [-0.05, 0) is 17.5 Å². The molecule has 0 heterocycles. The van der Waals surface area contributed by atoms with Gasteiger partial charge in [-0.1, -0.05) is 72.8 Å². The van der Waals surface area contributed by atoms with Gasteiger partial charge in [-0.2, -0.15) is 21.0 Å². The third-order valence-electron chi connectivity index (χ3n) is 5.20. The average Bonchev–Trinajstić information content (AvgIpc) is 2.73. The fourth-order valence-electron chi connectivity index (χ4n) is 3.90. The van der Waals surface area contributed by atoms with E-state index in [0.717, 1.165) is 0 Å². The van der Waals surface area contributed by atoms with Crippen LogP contribution in [0.4, 0.5) is 0 Å². The molecule has 2 aromatic carbocycles. The molecule has 0 N–H and O–H groups in total. The standard InChI is InChI=1S/C22H14N4/c23-14-20(15-24)12-7-13-22(21(20,16-25)17-26,18-8-3-1-4-9-18)19-10-5-2-6-11-19/h1-11,13H,12H2. The van der Waals surface area contributed by atoms with Gasteiger partial charge in [0.15, 0.2) is 10.8 Å². The quantitative estimate of drug-likeness (QED) is 0.775. The van der Waals surface area contributed by atoms with Gasteiger partial charge in [-0.15, -0.1) is 0 Å². The molecule has 0 aliphatic heterocycles. The third kappa shape index (κ3) is 1.91. The second-order valence-electron chi connectivity index (χ2n) is 6.25. The SMILES string of the molecule is N#CC1(C#N)CC=CC(c2ccccc2)(c2ccccc2)C1(C#N)C#N. The Morgan fingerprint density at radius 1 is 0.654 bits per heavy atom. The highest BCUT2D eigenvalue weighted by Gasteiger charge is 2.68. The van der Waals surface area contributed by atoms with Crippen molar-refractivity contribution in [1.29, 1.82) is 21.0 Å². The van der Waals surface area contributed by atoms with Crippen LogP contribution in [-0.4, -0.2) is 0 Å². The Morgan fingerprint density at radius 2 is 1.12 bits per heavy atom. The van der Waals surface area contributed by atoms with Gasteiger partial charge in [0.2, 0.25) is 0 Å². The molecule has 0 bridgehead atoms. The molecule has 0 spiro atoms. The average molecular weight is 334 g/mol. The molecule has 122 valence electrons. The Hall–Kier alpha value is -3.86. The summed E-state index contributed by atoms with van der Waals surface area (Å²) in [5.41, 5.74) is -3.53. The molecule has 4 heteroatoms. The summed E-state index contributed by atoms with van der Waals surface area (Å²) in [7, 11) is 0. The first-order valence-electron chi connectivity index (χ1n) is 8.10. The van der Waals surface area contributed by atoms with Gasteiger partial charge in [0.25, 0.3) is 0 Å². The summed E-state index contributed by atoms with van der Waals surface area (Å²) in [5.74, 6) is 0. The number of nitrogens with zero attached hydrogens (tertiary/aromatic N) is 4. The lowest BCUT2D eigenvalue weighted by atomic mass is 9.45. The molecule has 0 fully saturated rings. The lowest BCUT2D eigenvalue weighted by Gasteiger charge is -2.48. The maximum Gasteiger partial charge on any atom is 0.192 e. The number of allylic oxidation sites excluding steroid dienone is 2. The molecule has 4 nitrogen and oxygen atoms in total. The van der Waals surface area contributed by atoms with Gasteiger partial charge in [0, 0.05) is 0 Å². The predicted octanol–water partition coefficient (Wildman–Crippen LogP) is 4.00. The number of benzene rings is 2. The minimum atomic E-state index is -1.90. The van der Waals surface area contributed by atoms with Crippen molar-refractivity contribution in [1.82, 2.24) is 0 Å². The Labute approximate surface area is 152 Å². The molecule has 0 radical (unpaired) electrons. The molecule has 0 saturated carbocycles. The number of hydrogen-bond donors (Lipinski definition) is 0. The van der Waals surface area contributed by atoms with Crippen LogP contribution < -0.4 is 0 Å². The van der Waals surface area contributed by atoms with Crippen molar-refractivity contribution in [3.8, 4) is 24.3 Å². The van der Waals surface area contributed by atoms with E-state index < -0.39 is 16.2 Å². The van der Waals surface area contributed by atoms with E-state index in [1.807, 2.05) is 72.8 Å². The lowest BCUT2D eigenvalue weighted by molar-refractivity contribution is 0.204. The predicted molar refractivity (Wildman–Crippen MR) is 94.7 cm³/mol. The van der Waals surface area contributed by atoms with E-state index in [9.17, 15) is 21.0 Å². The molecule has 1 aliphatic rings. The topological polar surface area (TPSA) is 95.2 Å². The third-order valence-corrected chi connectivity index (χ3v) is 5.20. The van der Waals surface area contributed by atoms with Crippen molar-refractivity contribution in [3.05, 3.63) is 83.9 Å².